The van der Waals surface area contributed by atoms with E-state index in [-0.39, 0.29) is 6.10 Å². The van der Waals surface area contributed by atoms with E-state index in [1.807, 2.05) is 0 Å². The lowest BCUT2D eigenvalue weighted by molar-refractivity contribution is -0.925. The van der Waals surface area contributed by atoms with Gasteiger partial charge < -0.3 is 20.3 Å². The largest absolute Gasteiger partial charge is 0.365 e. The van der Waals surface area contributed by atoms with Crippen LogP contribution in [0, 0.1) is 0 Å². The summed E-state index contributed by atoms with van der Waals surface area (Å²) >= 11 is 5.42. The van der Waals surface area contributed by atoms with Gasteiger partial charge in [-0.25, -0.2) is 0 Å². The number of nitrogens with one attached hydrogen (secondary N) is 3. The molecule has 1 fully saturated rings. The Kier molecular flexibility index (Phi) is 7.00. The summed E-state index contributed by atoms with van der Waals surface area (Å²) in [6.45, 7) is 6.78. The Bertz CT molecular complexity index is 690. The van der Waals surface area contributed by atoms with E-state index in [0.29, 0.717) is 5.11 Å². The van der Waals surface area contributed by atoms with Crippen LogP contribution in [0.3, 0.4) is 0 Å². The molecule has 3 rings (SSSR count). The normalized spacial score (nSPS) is 19.7. The predicted octanol–water partition coefficient (Wildman–Crippen LogP) is 2.02. The predicted molar refractivity (Wildman–Crippen MR) is 111 cm³/mol. The number of thiocarbonyl (C=S) groups is 1. The summed E-state index contributed by atoms with van der Waals surface area (Å²) in [5.74, 6) is 0. The molecular formula is C21H28N3OS+. The molecule has 2 atom stereocenters. The van der Waals surface area contributed by atoms with Crippen molar-refractivity contribution in [3.8, 4) is 0 Å². The molecule has 0 saturated carbocycles. The first-order valence-electron chi connectivity index (χ1n) is 9.36. The fourth-order valence-corrected chi connectivity index (χ4v) is 3.44. The van der Waals surface area contributed by atoms with Crippen LogP contribution in [0.1, 0.15) is 18.1 Å². The van der Waals surface area contributed by atoms with Crippen molar-refractivity contribution in [2.24, 2.45) is 0 Å². The molecule has 3 N–H and O–H groups in total. The molecule has 1 aliphatic heterocycles. The minimum absolute atomic E-state index is 0.185. The third kappa shape index (κ3) is 5.80. The third-order valence-corrected chi connectivity index (χ3v) is 4.98. The van der Waals surface area contributed by atoms with Gasteiger partial charge >= 0.3 is 0 Å². The van der Waals surface area contributed by atoms with E-state index < -0.39 is 0 Å². The van der Waals surface area contributed by atoms with E-state index in [2.05, 4.69) is 72.2 Å². The zero-order valence-corrected chi connectivity index (χ0v) is 16.1. The molecule has 5 heteroatoms. The molecule has 1 aliphatic rings. The van der Waals surface area contributed by atoms with Crippen molar-refractivity contribution in [3.63, 3.8) is 0 Å². The Morgan fingerprint density at radius 1 is 1.12 bits per heavy atom. The Morgan fingerprint density at radius 2 is 1.88 bits per heavy atom. The van der Waals surface area contributed by atoms with E-state index in [1.165, 1.54) is 11.1 Å². The van der Waals surface area contributed by atoms with Gasteiger partial charge in [-0.2, -0.15) is 0 Å². The van der Waals surface area contributed by atoms with Gasteiger partial charge in [0, 0.05) is 17.8 Å². The van der Waals surface area contributed by atoms with Crippen LogP contribution in [-0.2, 0) is 17.7 Å². The van der Waals surface area contributed by atoms with Crippen molar-refractivity contribution in [3.05, 3.63) is 65.7 Å². The van der Waals surface area contributed by atoms with Crippen LogP contribution in [-0.4, -0.2) is 37.5 Å². The first kappa shape index (κ1) is 18.8. The zero-order chi connectivity index (χ0) is 18.2. The Hall–Kier alpha value is -1.95. The number of rotatable bonds is 6. The van der Waals surface area contributed by atoms with Gasteiger partial charge in [0.1, 0.15) is 25.7 Å². The van der Waals surface area contributed by atoms with Gasteiger partial charge in [-0.1, -0.05) is 49.4 Å². The minimum Gasteiger partial charge on any atom is -0.365 e. The highest BCUT2D eigenvalue weighted by Gasteiger charge is 2.23. The summed E-state index contributed by atoms with van der Waals surface area (Å²) in [5.41, 5.74) is 3.72. The van der Waals surface area contributed by atoms with Crippen molar-refractivity contribution in [1.82, 2.24) is 5.32 Å². The van der Waals surface area contributed by atoms with Crippen LogP contribution in [0.25, 0.3) is 0 Å². The molecular weight excluding hydrogens is 342 g/mol. The summed E-state index contributed by atoms with van der Waals surface area (Å²) < 4.78 is 5.91. The van der Waals surface area contributed by atoms with Crippen LogP contribution in [0.4, 0.5) is 5.69 Å². The van der Waals surface area contributed by atoms with Crippen LogP contribution >= 0.6 is 12.2 Å². The molecule has 2 aromatic rings. The minimum atomic E-state index is 0.185. The molecule has 0 spiro atoms. The molecule has 1 heterocycles. The van der Waals surface area contributed by atoms with Crippen LogP contribution < -0.4 is 15.5 Å². The van der Waals surface area contributed by atoms with E-state index in [4.69, 9.17) is 17.0 Å². The summed E-state index contributed by atoms with van der Waals surface area (Å²) in [7, 11) is 0. The van der Waals surface area contributed by atoms with E-state index >= 15 is 0 Å². The van der Waals surface area contributed by atoms with Gasteiger partial charge in [0.15, 0.2) is 5.11 Å². The summed E-state index contributed by atoms with van der Waals surface area (Å²) in [6.07, 6.45) is 1.23. The topological polar surface area (TPSA) is 37.7 Å². The maximum absolute atomic E-state index is 5.91. The number of hydrogen-bond acceptors (Lipinski definition) is 2. The lowest BCUT2D eigenvalue weighted by Gasteiger charge is -2.30. The summed E-state index contributed by atoms with van der Waals surface area (Å²) in [4.78, 5) is 1.56. The molecule has 138 valence electrons. The molecule has 0 amide bonds. The lowest BCUT2D eigenvalue weighted by Crippen LogP contribution is -3.13. The average molecular weight is 371 g/mol. The summed E-state index contributed by atoms with van der Waals surface area (Å²) in [5, 5.41) is 7.18. The number of quaternary nitrogens is 1. The number of aryl methyl sites for hydroxylation is 1. The molecule has 2 aromatic carbocycles. The van der Waals surface area contributed by atoms with Gasteiger partial charge in [0.2, 0.25) is 0 Å². The second-order valence-electron chi connectivity index (χ2n) is 6.74. The van der Waals surface area contributed by atoms with Crippen molar-refractivity contribution < 1.29 is 9.64 Å². The monoisotopic (exact) mass is 370 g/mol. The second kappa shape index (κ2) is 9.67. The maximum atomic E-state index is 5.91. The third-order valence-electron chi connectivity index (χ3n) is 4.73. The van der Waals surface area contributed by atoms with Gasteiger partial charge in [-0.3, -0.25) is 0 Å². The standard InChI is InChI=1S/C21H27N3OS/c1-2-17-8-10-19(11-9-17)23-21(26)22-14-20-16-24(12-13-25-20)15-18-6-4-3-5-7-18/h3-11,20H,2,12-16H2,1H3,(H2,22,23,26)/p+1/t20-/m1/s1. The van der Waals surface area contributed by atoms with Gasteiger partial charge in [-0.15, -0.1) is 0 Å². The molecule has 1 unspecified atom stereocenters. The first-order chi connectivity index (χ1) is 12.7. The molecule has 0 bridgehead atoms. The van der Waals surface area contributed by atoms with Gasteiger partial charge in [0.25, 0.3) is 0 Å². The first-order valence-corrected chi connectivity index (χ1v) is 9.76. The Labute approximate surface area is 161 Å². The van der Waals surface area contributed by atoms with Gasteiger partial charge in [-0.05, 0) is 36.3 Å². The number of anilines is 1. The summed E-state index contributed by atoms with van der Waals surface area (Å²) in [6, 6.07) is 19.0. The highest BCUT2D eigenvalue weighted by atomic mass is 32.1. The molecule has 1 saturated heterocycles. The Morgan fingerprint density at radius 3 is 2.62 bits per heavy atom. The smallest absolute Gasteiger partial charge is 0.170 e. The second-order valence-corrected chi connectivity index (χ2v) is 7.15. The zero-order valence-electron chi connectivity index (χ0n) is 15.3. The SMILES string of the molecule is CCc1ccc(NC(=S)NC[C@@H]2C[NH+](Cc3ccccc3)CCO2)cc1. The van der Waals surface area contributed by atoms with Crippen LogP contribution in [0.2, 0.25) is 0 Å². The van der Waals surface area contributed by atoms with E-state index in [0.717, 1.165) is 44.9 Å². The Balaban J connectivity index is 1.42. The molecule has 4 nitrogen and oxygen atoms in total. The number of ether oxygens (including phenoxy) is 1. The van der Waals surface area contributed by atoms with Crippen molar-refractivity contribution >= 4 is 23.0 Å². The van der Waals surface area contributed by atoms with Crippen molar-refractivity contribution in [2.75, 3.05) is 31.6 Å². The quantitative estimate of drug-likeness (QED) is 0.680. The molecule has 0 aromatic heterocycles. The fourth-order valence-electron chi connectivity index (χ4n) is 3.23. The fraction of sp³-hybridized carbons (Fsp3) is 0.381. The van der Waals surface area contributed by atoms with Crippen molar-refractivity contribution in [1.29, 1.82) is 0 Å². The maximum Gasteiger partial charge on any atom is 0.170 e. The molecule has 0 radical (unpaired) electrons. The van der Waals surface area contributed by atoms with Crippen LogP contribution in [0.15, 0.2) is 54.6 Å². The highest BCUT2D eigenvalue weighted by molar-refractivity contribution is 7.80. The molecule has 26 heavy (non-hydrogen) atoms. The average Bonchev–Trinajstić information content (AvgIpc) is 2.68. The van der Waals surface area contributed by atoms with Gasteiger partial charge in [0.05, 0.1) is 6.61 Å². The number of morpholine rings is 1. The number of hydrogen-bond donors (Lipinski definition) is 3. The van der Waals surface area contributed by atoms with Crippen molar-refractivity contribution in [2.45, 2.75) is 26.0 Å². The van der Waals surface area contributed by atoms with Crippen LogP contribution in [0.5, 0.6) is 0 Å². The van der Waals surface area contributed by atoms with E-state index in [1.54, 1.807) is 4.90 Å². The van der Waals surface area contributed by atoms with E-state index in [9.17, 15) is 0 Å². The number of benzene rings is 2. The molecule has 0 aliphatic carbocycles. The highest BCUT2D eigenvalue weighted by Crippen LogP contribution is 2.09. The lowest BCUT2D eigenvalue weighted by atomic mass is 10.1.